The molecule has 0 unspecified atom stereocenters. The molecule has 0 radical (unpaired) electrons. The van der Waals surface area contributed by atoms with Crippen molar-refractivity contribution in [1.82, 2.24) is 4.72 Å². The second kappa shape index (κ2) is 5.38. The predicted molar refractivity (Wildman–Crippen MR) is 70.2 cm³/mol. The number of non-ortho nitro benzene ring substituents is 1. The van der Waals surface area contributed by atoms with Gasteiger partial charge < -0.3 is 0 Å². The molecular weight excluding hydrogens is 301 g/mol. The lowest BCUT2D eigenvalue weighted by atomic mass is 10.0. The number of hydrogen-bond donors (Lipinski definition) is 1. The van der Waals surface area contributed by atoms with Crippen molar-refractivity contribution in [3.05, 3.63) is 34.1 Å². The maximum atomic E-state index is 13.7. The van der Waals surface area contributed by atoms with Crippen LogP contribution in [0.2, 0.25) is 0 Å². The van der Waals surface area contributed by atoms with E-state index in [4.69, 9.17) is 5.26 Å². The number of hydrogen-bond acceptors (Lipinski definition) is 5. The second-order valence-electron chi connectivity index (χ2n) is 4.88. The van der Waals surface area contributed by atoms with Crippen LogP contribution >= 0.6 is 0 Å². The number of halogens is 1. The normalized spacial score (nSPS) is 17.3. The molecule has 1 saturated carbocycles. The quantitative estimate of drug-likeness (QED) is 0.673. The summed E-state index contributed by atoms with van der Waals surface area (Å²) in [5.74, 6) is -1.10. The first kappa shape index (κ1) is 15.3. The molecule has 1 aromatic carbocycles. The predicted octanol–water partition coefficient (Wildman–Crippen LogP) is 1.85. The number of rotatable bonds is 4. The first-order chi connectivity index (χ1) is 9.80. The van der Waals surface area contributed by atoms with Gasteiger partial charge >= 0.3 is 0 Å². The van der Waals surface area contributed by atoms with Gasteiger partial charge in [0, 0.05) is 12.1 Å². The Kier molecular flexibility index (Phi) is 3.93. The first-order valence-electron chi connectivity index (χ1n) is 6.19. The van der Waals surface area contributed by atoms with Crippen LogP contribution < -0.4 is 4.72 Å². The third-order valence-electron chi connectivity index (χ3n) is 3.42. The van der Waals surface area contributed by atoms with Crippen LogP contribution in [-0.2, 0) is 10.0 Å². The molecule has 7 nitrogen and oxygen atoms in total. The molecule has 0 heterocycles. The van der Waals surface area contributed by atoms with E-state index in [9.17, 15) is 22.9 Å². The second-order valence-corrected chi connectivity index (χ2v) is 6.53. The van der Waals surface area contributed by atoms with Crippen LogP contribution in [0.3, 0.4) is 0 Å². The highest BCUT2D eigenvalue weighted by Gasteiger charge is 2.39. The Morgan fingerprint density at radius 2 is 2.00 bits per heavy atom. The van der Waals surface area contributed by atoms with E-state index in [1.54, 1.807) is 0 Å². The zero-order chi connectivity index (χ0) is 15.7. The highest BCUT2D eigenvalue weighted by atomic mass is 32.2. The summed E-state index contributed by atoms with van der Waals surface area (Å²) in [4.78, 5) is 9.04. The maximum Gasteiger partial charge on any atom is 0.270 e. The molecule has 0 atom stereocenters. The van der Waals surface area contributed by atoms with Gasteiger partial charge in [-0.1, -0.05) is 12.8 Å². The minimum Gasteiger partial charge on any atom is -0.258 e. The van der Waals surface area contributed by atoms with Gasteiger partial charge in [0.2, 0.25) is 10.0 Å². The van der Waals surface area contributed by atoms with Gasteiger partial charge in [0.1, 0.15) is 16.3 Å². The Hall–Kier alpha value is -2.05. The van der Waals surface area contributed by atoms with Gasteiger partial charge in [0.05, 0.1) is 11.0 Å². The van der Waals surface area contributed by atoms with Crippen molar-refractivity contribution in [3.8, 4) is 6.07 Å². The standard InChI is InChI=1S/C12H12FN3O4S/c13-10-4-3-9(16(17)18)7-11(10)21(19,20)15-12(8-14)5-1-2-6-12/h3-4,7,15H,1-2,5-6H2. The van der Waals surface area contributed by atoms with Gasteiger partial charge in [-0.15, -0.1) is 0 Å². The van der Waals surface area contributed by atoms with Crippen LogP contribution in [0.1, 0.15) is 25.7 Å². The van der Waals surface area contributed by atoms with Gasteiger partial charge in [-0.3, -0.25) is 10.1 Å². The van der Waals surface area contributed by atoms with Crippen molar-refractivity contribution in [3.63, 3.8) is 0 Å². The molecule has 0 spiro atoms. The molecule has 112 valence electrons. The van der Waals surface area contributed by atoms with E-state index >= 15 is 0 Å². The average Bonchev–Trinajstić information content (AvgIpc) is 2.87. The van der Waals surface area contributed by atoms with Crippen molar-refractivity contribution in [2.45, 2.75) is 36.1 Å². The van der Waals surface area contributed by atoms with Crippen molar-refractivity contribution >= 4 is 15.7 Å². The summed E-state index contributed by atoms with van der Waals surface area (Å²) in [6, 6.07) is 4.17. The van der Waals surface area contributed by atoms with Gasteiger partial charge in [0.25, 0.3) is 5.69 Å². The molecule has 2 rings (SSSR count). The van der Waals surface area contributed by atoms with Crippen molar-refractivity contribution in [2.75, 3.05) is 0 Å². The molecule has 21 heavy (non-hydrogen) atoms. The minimum absolute atomic E-state index is 0.333. The fraction of sp³-hybridized carbons (Fsp3) is 0.417. The van der Waals surface area contributed by atoms with Crippen LogP contribution in [0.15, 0.2) is 23.1 Å². The summed E-state index contributed by atoms with van der Waals surface area (Å²) < 4.78 is 40.3. The van der Waals surface area contributed by atoms with Crippen LogP contribution in [0, 0.1) is 27.3 Å². The van der Waals surface area contributed by atoms with Gasteiger partial charge in [-0.05, 0) is 18.9 Å². The smallest absolute Gasteiger partial charge is 0.258 e. The Bertz CT molecular complexity index is 721. The Labute approximate surface area is 120 Å². The lowest BCUT2D eigenvalue weighted by Gasteiger charge is -2.21. The van der Waals surface area contributed by atoms with E-state index in [0.29, 0.717) is 31.7 Å². The number of benzene rings is 1. The number of nitro groups is 1. The molecule has 1 aliphatic carbocycles. The van der Waals surface area contributed by atoms with Crippen LogP contribution in [-0.4, -0.2) is 18.9 Å². The van der Waals surface area contributed by atoms with Gasteiger partial charge in [-0.25, -0.2) is 12.8 Å². The Balaban J connectivity index is 2.42. The van der Waals surface area contributed by atoms with Crippen LogP contribution in [0.25, 0.3) is 0 Å². The topological polar surface area (TPSA) is 113 Å². The third kappa shape index (κ3) is 3.01. The number of nitriles is 1. The zero-order valence-corrected chi connectivity index (χ0v) is 11.7. The SMILES string of the molecule is N#CC1(NS(=O)(=O)c2cc([N+](=O)[O-])ccc2F)CCCC1. The minimum atomic E-state index is -4.35. The summed E-state index contributed by atoms with van der Waals surface area (Å²) >= 11 is 0. The van der Waals surface area contributed by atoms with E-state index in [1.165, 1.54) is 0 Å². The van der Waals surface area contributed by atoms with E-state index < -0.39 is 36.9 Å². The first-order valence-corrected chi connectivity index (χ1v) is 7.67. The van der Waals surface area contributed by atoms with Crippen LogP contribution in [0.4, 0.5) is 10.1 Å². The lowest BCUT2D eigenvalue weighted by molar-refractivity contribution is -0.385. The Morgan fingerprint density at radius 1 is 1.38 bits per heavy atom. The summed E-state index contributed by atoms with van der Waals surface area (Å²) in [7, 11) is -4.35. The van der Waals surface area contributed by atoms with E-state index in [2.05, 4.69) is 4.72 Å². The van der Waals surface area contributed by atoms with Crippen molar-refractivity contribution in [2.24, 2.45) is 0 Å². The molecule has 0 aromatic heterocycles. The molecule has 0 amide bonds. The number of nitro benzene ring substituents is 1. The highest BCUT2D eigenvalue weighted by molar-refractivity contribution is 7.89. The molecule has 1 fully saturated rings. The molecule has 1 N–H and O–H groups in total. The highest BCUT2D eigenvalue weighted by Crippen LogP contribution is 2.31. The summed E-state index contributed by atoms with van der Waals surface area (Å²) in [5, 5.41) is 19.8. The third-order valence-corrected chi connectivity index (χ3v) is 4.97. The average molecular weight is 313 g/mol. The maximum absolute atomic E-state index is 13.7. The number of sulfonamides is 1. The molecule has 0 aliphatic heterocycles. The monoisotopic (exact) mass is 313 g/mol. The largest absolute Gasteiger partial charge is 0.270 e. The van der Waals surface area contributed by atoms with E-state index in [-0.39, 0.29) is 0 Å². The fourth-order valence-electron chi connectivity index (χ4n) is 2.34. The van der Waals surface area contributed by atoms with Crippen molar-refractivity contribution < 1.29 is 17.7 Å². The molecular formula is C12H12FN3O4S. The molecule has 0 bridgehead atoms. The Morgan fingerprint density at radius 3 is 2.52 bits per heavy atom. The molecule has 1 aromatic rings. The summed E-state index contributed by atoms with van der Waals surface area (Å²) in [6.07, 6.45) is 2.04. The van der Waals surface area contributed by atoms with E-state index in [0.717, 1.165) is 12.1 Å². The van der Waals surface area contributed by atoms with Gasteiger partial charge in [0.15, 0.2) is 0 Å². The number of nitrogens with one attached hydrogen (secondary N) is 1. The lowest BCUT2D eigenvalue weighted by Crippen LogP contribution is -2.45. The molecule has 9 heteroatoms. The summed E-state index contributed by atoms with van der Waals surface area (Å²) in [5.41, 5.74) is -1.80. The van der Waals surface area contributed by atoms with Gasteiger partial charge in [-0.2, -0.15) is 9.98 Å². The van der Waals surface area contributed by atoms with Crippen molar-refractivity contribution in [1.29, 1.82) is 5.26 Å². The summed E-state index contributed by atoms with van der Waals surface area (Å²) in [6.45, 7) is 0. The number of nitrogens with zero attached hydrogens (tertiary/aromatic N) is 2. The van der Waals surface area contributed by atoms with E-state index in [1.807, 2.05) is 6.07 Å². The zero-order valence-electron chi connectivity index (χ0n) is 10.9. The molecule has 1 aliphatic rings. The molecule has 0 saturated heterocycles. The fourth-order valence-corrected chi connectivity index (χ4v) is 3.81. The van der Waals surface area contributed by atoms with Crippen LogP contribution in [0.5, 0.6) is 0 Å².